The third-order valence-corrected chi connectivity index (χ3v) is 7.36. The van der Waals surface area contributed by atoms with Crippen LogP contribution in [0.1, 0.15) is 54.4 Å². The molecule has 0 atom stereocenters. The van der Waals surface area contributed by atoms with Crippen LogP contribution in [0.4, 0.5) is 0 Å². The largest absolute Gasteiger partial charge is 0.0741 e. The molecule has 0 heterocycles. The van der Waals surface area contributed by atoms with E-state index in [-0.39, 0.29) is 0 Å². The van der Waals surface area contributed by atoms with Crippen LogP contribution in [0.3, 0.4) is 0 Å². The lowest BCUT2D eigenvalue weighted by atomic mass is 9.88. The molecule has 2 aliphatic rings. The van der Waals surface area contributed by atoms with E-state index >= 15 is 0 Å². The molecule has 0 amide bonds. The van der Waals surface area contributed by atoms with E-state index in [1.165, 1.54) is 86.7 Å². The Bertz CT molecular complexity index is 1050. The molecule has 0 aromatic heterocycles. The summed E-state index contributed by atoms with van der Waals surface area (Å²) in [5.41, 5.74) is 9.54. The molecule has 1 heteroatoms. The fourth-order valence-corrected chi connectivity index (χ4v) is 4.99. The van der Waals surface area contributed by atoms with Gasteiger partial charge in [0.1, 0.15) is 0 Å². The first-order chi connectivity index (χ1) is 13.0. The van der Waals surface area contributed by atoms with Crippen LogP contribution in [0.15, 0.2) is 29.8 Å². The molecule has 1 fully saturated rings. The molecule has 2 aromatic rings. The first kappa shape index (κ1) is 18.5. The molecule has 0 aliphatic heterocycles. The van der Waals surface area contributed by atoms with Crippen molar-refractivity contribution in [3.05, 3.63) is 62.5 Å². The topological polar surface area (TPSA) is 0 Å². The fourth-order valence-electron chi connectivity index (χ4n) is 4.73. The number of allylic oxidation sites excluding steroid dienone is 2. The summed E-state index contributed by atoms with van der Waals surface area (Å²) in [7, 11) is 3.81. The van der Waals surface area contributed by atoms with Crippen LogP contribution in [0, 0.1) is 33.6 Å². The number of aryl methyl sites for hydroxylation is 2. The summed E-state index contributed by atoms with van der Waals surface area (Å²) in [6.07, 6.45) is 14.3. The number of rotatable bonds is 2. The van der Waals surface area contributed by atoms with Gasteiger partial charge in [-0.1, -0.05) is 54.3 Å². The number of benzene rings is 2. The van der Waals surface area contributed by atoms with Crippen molar-refractivity contribution in [1.29, 1.82) is 0 Å². The molecule has 3 radical (unpaired) electrons. The van der Waals surface area contributed by atoms with Crippen molar-refractivity contribution in [3.63, 3.8) is 0 Å². The number of hydrogen-bond acceptors (Lipinski definition) is 0. The van der Waals surface area contributed by atoms with Gasteiger partial charge in [-0.3, -0.25) is 0 Å². The van der Waals surface area contributed by atoms with Crippen LogP contribution in [0.2, 0.25) is 0 Å². The van der Waals surface area contributed by atoms with Crippen molar-refractivity contribution in [1.82, 2.24) is 0 Å². The lowest BCUT2D eigenvalue weighted by Crippen LogP contribution is -2.27. The van der Waals surface area contributed by atoms with Gasteiger partial charge in [0, 0.05) is 0 Å². The van der Waals surface area contributed by atoms with Gasteiger partial charge < -0.3 is 0 Å². The second-order valence-corrected chi connectivity index (χ2v) is 8.98. The van der Waals surface area contributed by atoms with E-state index in [9.17, 15) is 0 Å². The van der Waals surface area contributed by atoms with E-state index in [1.54, 1.807) is 0 Å². The smallest absolute Gasteiger partial charge is 0.0719 e. The SMILES string of the molecule is Cc1cc(-c2ccc(C)c3c2=CC(=CC2CCCCC2)C=3)c(C)c(C)c1[Si]. The maximum Gasteiger partial charge on any atom is 0.0719 e. The Kier molecular flexibility index (Phi) is 4.99. The van der Waals surface area contributed by atoms with Crippen molar-refractivity contribution in [2.45, 2.75) is 59.8 Å². The fraction of sp³-hybridized carbons (Fsp3) is 0.385. The number of fused-ring (bicyclic) bond motifs is 1. The molecule has 0 unspecified atom stereocenters. The van der Waals surface area contributed by atoms with Crippen molar-refractivity contribution in [2.75, 3.05) is 0 Å². The van der Waals surface area contributed by atoms with E-state index in [0.29, 0.717) is 0 Å². The van der Waals surface area contributed by atoms with Gasteiger partial charge in [0.15, 0.2) is 0 Å². The minimum absolute atomic E-state index is 0.762. The van der Waals surface area contributed by atoms with Crippen LogP contribution >= 0.6 is 0 Å². The molecule has 4 rings (SSSR count). The average molecular weight is 370 g/mol. The summed E-state index contributed by atoms with van der Waals surface area (Å²) in [4.78, 5) is 0. The summed E-state index contributed by atoms with van der Waals surface area (Å²) >= 11 is 0. The summed E-state index contributed by atoms with van der Waals surface area (Å²) in [6.45, 7) is 8.89. The molecule has 137 valence electrons. The monoisotopic (exact) mass is 369 g/mol. The van der Waals surface area contributed by atoms with Gasteiger partial charge in [0.2, 0.25) is 0 Å². The molecule has 2 aromatic carbocycles. The van der Waals surface area contributed by atoms with Gasteiger partial charge in [0.25, 0.3) is 0 Å². The van der Waals surface area contributed by atoms with E-state index < -0.39 is 0 Å². The van der Waals surface area contributed by atoms with Gasteiger partial charge in [-0.25, -0.2) is 0 Å². The lowest BCUT2D eigenvalue weighted by Gasteiger charge is -2.18. The van der Waals surface area contributed by atoms with E-state index in [4.69, 9.17) is 0 Å². The van der Waals surface area contributed by atoms with Crippen LogP contribution in [0.25, 0.3) is 23.3 Å². The molecular formula is C26H29Si. The van der Waals surface area contributed by atoms with Crippen molar-refractivity contribution in [3.8, 4) is 11.1 Å². The molecule has 0 spiro atoms. The molecule has 2 aliphatic carbocycles. The quantitative estimate of drug-likeness (QED) is 0.686. The van der Waals surface area contributed by atoms with Gasteiger partial charge >= 0.3 is 0 Å². The highest BCUT2D eigenvalue weighted by Crippen LogP contribution is 2.28. The summed E-state index contributed by atoms with van der Waals surface area (Å²) in [5, 5.41) is 4.04. The highest BCUT2D eigenvalue weighted by Gasteiger charge is 2.15. The van der Waals surface area contributed by atoms with Crippen LogP contribution in [-0.2, 0) is 0 Å². The Morgan fingerprint density at radius 1 is 0.815 bits per heavy atom. The normalized spacial score (nSPS) is 18.3. The molecular weight excluding hydrogens is 340 g/mol. The zero-order chi connectivity index (χ0) is 19.1. The Balaban J connectivity index is 1.87. The standard InChI is InChI=1S/C26H29Si/c1-16-10-11-22(24-12-17(2)26(27)19(4)18(24)3)25-15-21(14-23(16)25)13-20-8-6-5-7-9-20/h10-15,20H,5-9H2,1-4H3. The lowest BCUT2D eigenvalue weighted by molar-refractivity contribution is 0.419. The third-order valence-electron chi connectivity index (χ3n) is 6.59. The maximum atomic E-state index is 3.81. The predicted octanol–water partition coefficient (Wildman–Crippen LogP) is 4.46. The van der Waals surface area contributed by atoms with Crippen molar-refractivity contribution < 1.29 is 0 Å². The predicted molar refractivity (Wildman–Crippen MR) is 119 cm³/mol. The van der Waals surface area contributed by atoms with Crippen molar-refractivity contribution in [2.24, 2.45) is 5.92 Å². The minimum Gasteiger partial charge on any atom is -0.0741 e. The van der Waals surface area contributed by atoms with E-state index in [0.717, 1.165) is 5.92 Å². The van der Waals surface area contributed by atoms with E-state index in [2.05, 4.69) is 74.4 Å². The zero-order valence-corrected chi connectivity index (χ0v) is 18.1. The maximum absolute atomic E-state index is 3.81. The molecule has 0 nitrogen and oxygen atoms in total. The van der Waals surface area contributed by atoms with Gasteiger partial charge in [0.05, 0.1) is 10.2 Å². The van der Waals surface area contributed by atoms with Gasteiger partial charge in [-0.2, -0.15) is 0 Å². The minimum atomic E-state index is 0.762. The van der Waals surface area contributed by atoms with Gasteiger partial charge in [-0.15, -0.1) is 0 Å². The Morgan fingerprint density at radius 3 is 2.26 bits per heavy atom. The van der Waals surface area contributed by atoms with Crippen LogP contribution < -0.4 is 15.6 Å². The summed E-state index contributed by atoms with van der Waals surface area (Å²) in [6, 6.07) is 6.94. The highest BCUT2D eigenvalue weighted by atomic mass is 28.1. The van der Waals surface area contributed by atoms with Crippen molar-refractivity contribution >= 4 is 27.6 Å². The second-order valence-electron chi connectivity index (χ2n) is 8.48. The van der Waals surface area contributed by atoms with Crippen LogP contribution in [-0.4, -0.2) is 10.2 Å². The molecule has 27 heavy (non-hydrogen) atoms. The average Bonchev–Trinajstić information content (AvgIpc) is 3.09. The Labute approximate surface area is 167 Å². The summed E-state index contributed by atoms with van der Waals surface area (Å²) < 4.78 is 0. The third kappa shape index (κ3) is 3.38. The summed E-state index contributed by atoms with van der Waals surface area (Å²) in [5.74, 6) is 0.762. The molecule has 0 bridgehead atoms. The number of hydrogen-bond donors (Lipinski definition) is 0. The highest BCUT2D eigenvalue weighted by molar-refractivity contribution is 6.34. The molecule has 0 saturated heterocycles. The second kappa shape index (κ2) is 7.28. The first-order valence-electron chi connectivity index (χ1n) is 10.3. The Morgan fingerprint density at radius 2 is 1.52 bits per heavy atom. The van der Waals surface area contributed by atoms with E-state index in [1.807, 2.05) is 0 Å². The molecule has 1 saturated carbocycles. The van der Waals surface area contributed by atoms with Gasteiger partial charge in [-0.05, 0) is 102 Å². The van der Waals surface area contributed by atoms with Crippen LogP contribution in [0.5, 0.6) is 0 Å². The Hall–Kier alpha value is -1.86. The first-order valence-corrected chi connectivity index (χ1v) is 10.8. The zero-order valence-electron chi connectivity index (χ0n) is 17.1. The molecule has 0 N–H and O–H groups in total.